The highest BCUT2D eigenvalue weighted by Crippen LogP contribution is 2.64. The fourth-order valence-electron chi connectivity index (χ4n) is 6.93. The molecule has 4 aliphatic carbocycles. The number of allylic oxidation sites excluding steroid dienone is 7. The smallest absolute Gasteiger partial charge is 0.0578 e. The van der Waals surface area contributed by atoms with Gasteiger partial charge in [0.15, 0.2) is 0 Å². The molecule has 160 valence electrons. The van der Waals surface area contributed by atoms with E-state index < -0.39 is 0 Å². The summed E-state index contributed by atoms with van der Waals surface area (Å²) in [7, 11) is 0. The van der Waals surface area contributed by atoms with E-state index in [0.717, 1.165) is 25.2 Å². The molecular weight excluding hydrogens is 352 g/mol. The van der Waals surface area contributed by atoms with Crippen molar-refractivity contribution in [2.45, 2.75) is 86.2 Å². The predicted molar refractivity (Wildman–Crippen MR) is 123 cm³/mol. The monoisotopic (exact) mass is 394 g/mol. The van der Waals surface area contributed by atoms with Crippen LogP contribution in [0.3, 0.4) is 0 Å². The van der Waals surface area contributed by atoms with Crippen molar-refractivity contribution < 1.29 is 5.11 Å². The fourth-order valence-corrected chi connectivity index (χ4v) is 6.93. The molecule has 0 amide bonds. The molecule has 4 rings (SSSR count). The summed E-state index contributed by atoms with van der Waals surface area (Å²) in [5.41, 5.74) is 5.39. The summed E-state index contributed by atoms with van der Waals surface area (Å²) in [6.45, 7) is 14.5. The number of rotatable bonds is 4. The topological polar surface area (TPSA) is 20.2 Å². The van der Waals surface area contributed by atoms with Gasteiger partial charge < -0.3 is 5.11 Å². The Hall–Kier alpha value is -1.08. The van der Waals surface area contributed by atoms with Gasteiger partial charge in [0, 0.05) is 0 Å². The SMILES string of the molecule is CC(C)[C@@H](C)C=C[C@@H](C)[C@H]1CC=C2C3=CC=C4C[C@@H](O)CC[C@]4(C)[C@H]3CC[C@@]21C. The highest BCUT2D eigenvalue weighted by atomic mass is 16.3. The molecule has 1 nitrogen and oxygen atoms in total. The molecule has 2 fully saturated rings. The lowest BCUT2D eigenvalue weighted by atomic mass is 9.51. The average molecular weight is 395 g/mol. The van der Waals surface area contributed by atoms with Gasteiger partial charge >= 0.3 is 0 Å². The Balaban J connectivity index is 1.58. The third kappa shape index (κ3) is 3.42. The van der Waals surface area contributed by atoms with Crippen LogP contribution in [0.4, 0.5) is 0 Å². The zero-order valence-corrected chi connectivity index (χ0v) is 19.5. The minimum atomic E-state index is -0.130. The highest BCUT2D eigenvalue weighted by molar-refractivity contribution is 5.51. The second-order valence-corrected chi connectivity index (χ2v) is 11.4. The quantitative estimate of drug-likeness (QED) is 0.498. The predicted octanol–water partition coefficient (Wildman–Crippen LogP) is 7.25. The van der Waals surface area contributed by atoms with Crippen LogP contribution in [0.5, 0.6) is 0 Å². The van der Waals surface area contributed by atoms with Crippen molar-refractivity contribution in [1.82, 2.24) is 0 Å². The van der Waals surface area contributed by atoms with Crippen molar-refractivity contribution in [2.24, 2.45) is 40.4 Å². The standard InChI is InChI=1S/C28H42O/c1-18(2)19(3)7-8-20(4)24-11-12-25-23-10-9-21-17-22(29)13-15-27(21,5)26(23)14-16-28(24,25)6/h7-10,12,18-20,22,24,26,29H,11,13-17H2,1-6H3/t19-,20+,22-,24+,26-,27-,28+/m0/s1. The Labute approximate surface area is 179 Å². The van der Waals surface area contributed by atoms with Crippen LogP contribution in [0.1, 0.15) is 80.1 Å². The summed E-state index contributed by atoms with van der Waals surface area (Å²) < 4.78 is 0. The van der Waals surface area contributed by atoms with Crippen molar-refractivity contribution in [3.05, 3.63) is 47.1 Å². The van der Waals surface area contributed by atoms with Crippen LogP contribution in [0.25, 0.3) is 0 Å². The van der Waals surface area contributed by atoms with E-state index in [9.17, 15) is 5.11 Å². The van der Waals surface area contributed by atoms with Gasteiger partial charge in [-0.15, -0.1) is 0 Å². The summed E-state index contributed by atoms with van der Waals surface area (Å²) in [6.07, 6.45) is 19.1. The van der Waals surface area contributed by atoms with Crippen molar-refractivity contribution >= 4 is 0 Å². The molecule has 0 radical (unpaired) electrons. The zero-order valence-electron chi connectivity index (χ0n) is 19.5. The van der Waals surface area contributed by atoms with Gasteiger partial charge in [-0.25, -0.2) is 0 Å². The maximum absolute atomic E-state index is 10.2. The molecule has 2 saturated carbocycles. The van der Waals surface area contributed by atoms with Crippen LogP contribution in [-0.2, 0) is 0 Å². The van der Waals surface area contributed by atoms with Crippen LogP contribution in [0, 0.1) is 40.4 Å². The van der Waals surface area contributed by atoms with E-state index in [4.69, 9.17) is 0 Å². The summed E-state index contributed by atoms with van der Waals surface area (Å²) in [6, 6.07) is 0. The van der Waals surface area contributed by atoms with E-state index >= 15 is 0 Å². The zero-order chi connectivity index (χ0) is 21.0. The largest absolute Gasteiger partial charge is 0.393 e. The van der Waals surface area contributed by atoms with Crippen LogP contribution in [0.15, 0.2) is 47.1 Å². The number of hydrogen-bond donors (Lipinski definition) is 1. The molecule has 7 atom stereocenters. The van der Waals surface area contributed by atoms with E-state index in [2.05, 4.69) is 71.9 Å². The molecule has 0 aromatic heterocycles. The third-order valence-electron chi connectivity index (χ3n) is 9.47. The lowest BCUT2D eigenvalue weighted by Gasteiger charge is -2.53. The molecule has 0 spiro atoms. The van der Waals surface area contributed by atoms with Gasteiger partial charge in [0.1, 0.15) is 0 Å². The van der Waals surface area contributed by atoms with E-state index in [1.54, 1.807) is 11.1 Å². The second-order valence-electron chi connectivity index (χ2n) is 11.4. The van der Waals surface area contributed by atoms with Crippen molar-refractivity contribution in [1.29, 1.82) is 0 Å². The van der Waals surface area contributed by atoms with Crippen molar-refractivity contribution in [2.75, 3.05) is 0 Å². The molecule has 4 aliphatic rings. The lowest BCUT2D eigenvalue weighted by molar-refractivity contribution is 0.0719. The highest BCUT2D eigenvalue weighted by Gasteiger charge is 2.53. The van der Waals surface area contributed by atoms with E-state index in [1.165, 1.54) is 24.8 Å². The van der Waals surface area contributed by atoms with Gasteiger partial charge in [-0.2, -0.15) is 0 Å². The van der Waals surface area contributed by atoms with Gasteiger partial charge in [0.2, 0.25) is 0 Å². The summed E-state index contributed by atoms with van der Waals surface area (Å²) >= 11 is 0. The first-order valence-electron chi connectivity index (χ1n) is 12.2. The Morgan fingerprint density at radius 1 is 1.00 bits per heavy atom. The molecular formula is C28H42O. The molecule has 0 aromatic rings. The number of fused-ring (bicyclic) bond motifs is 5. The lowest BCUT2D eigenvalue weighted by Crippen LogP contribution is -2.44. The first-order valence-corrected chi connectivity index (χ1v) is 12.2. The van der Waals surface area contributed by atoms with Crippen LogP contribution in [-0.4, -0.2) is 11.2 Å². The Bertz CT molecular complexity index is 765. The van der Waals surface area contributed by atoms with Crippen LogP contribution in [0.2, 0.25) is 0 Å². The van der Waals surface area contributed by atoms with Gasteiger partial charge in [-0.05, 0) is 90.1 Å². The molecule has 29 heavy (non-hydrogen) atoms. The molecule has 1 heteroatoms. The fraction of sp³-hybridized carbons (Fsp3) is 0.714. The summed E-state index contributed by atoms with van der Waals surface area (Å²) in [5, 5.41) is 10.2. The second kappa shape index (κ2) is 7.56. The Morgan fingerprint density at radius 2 is 1.72 bits per heavy atom. The van der Waals surface area contributed by atoms with Gasteiger partial charge in [0.25, 0.3) is 0 Å². The van der Waals surface area contributed by atoms with Crippen molar-refractivity contribution in [3.8, 4) is 0 Å². The van der Waals surface area contributed by atoms with E-state index in [1.807, 2.05) is 0 Å². The maximum atomic E-state index is 10.2. The number of aliphatic hydroxyl groups excluding tert-OH is 1. The first-order chi connectivity index (χ1) is 13.7. The van der Waals surface area contributed by atoms with Crippen LogP contribution >= 0.6 is 0 Å². The maximum Gasteiger partial charge on any atom is 0.0578 e. The van der Waals surface area contributed by atoms with Gasteiger partial charge in [0.05, 0.1) is 6.10 Å². The normalized spacial score (nSPS) is 41.2. The molecule has 0 heterocycles. The molecule has 0 unspecified atom stereocenters. The molecule has 1 N–H and O–H groups in total. The number of aliphatic hydroxyl groups is 1. The molecule has 0 saturated heterocycles. The summed E-state index contributed by atoms with van der Waals surface area (Å²) in [4.78, 5) is 0. The summed E-state index contributed by atoms with van der Waals surface area (Å²) in [5.74, 6) is 3.37. The minimum absolute atomic E-state index is 0.130. The first kappa shape index (κ1) is 21.2. The Morgan fingerprint density at radius 3 is 2.45 bits per heavy atom. The average Bonchev–Trinajstić information content (AvgIpc) is 3.03. The van der Waals surface area contributed by atoms with E-state index in [-0.39, 0.29) is 11.5 Å². The minimum Gasteiger partial charge on any atom is -0.393 e. The Kier molecular flexibility index (Phi) is 5.52. The molecule has 0 aliphatic heterocycles. The van der Waals surface area contributed by atoms with Gasteiger partial charge in [-0.1, -0.05) is 77.5 Å². The number of hydrogen-bond acceptors (Lipinski definition) is 1. The van der Waals surface area contributed by atoms with Crippen molar-refractivity contribution in [3.63, 3.8) is 0 Å². The van der Waals surface area contributed by atoms with E-state index in [0.29, 0.717) is 29.1 Å². The molecule has 0 aromatic carbocycles. The molecule has 0 bridgehead atoms. The van der Waals surface area contributed by atoms with Crippen LogP contribution < -0.4 is 0 Å². The third-order valence-corrected chi connectivity index (χ3v) is 9.47. The van der Waals surface area contributed by atoms with Gasteiger partial charge in [-0.3, -0.25) is 0 Å².